The zero-order chi connectivity index (χ0) is 21.0. The minimum Gasteiger partial charge on any atom is -0.368 e. The number of rotatable bonds is 6. The average molecular weight is 401 g/mol. The van der Waals surface area contributed by atoms with Crippen LogP contribution in [0.15, 0.2) is 30.3 Å². The molecule has 3 rings (SSSR count). The van der Waals surface area contributed by atoms with Gasteiger partial charge < -0.3 is 16.0 Å². The van der Waals surface area contributed by atoms with Gasteiger partial charge in [-0.1, -0.05) is 0 Å². The molecule has 3 N–H and O–H groups in total. The molecule has 0 unspecified atom stereocenters. The standard InChI is InChI=1S/C19H21F2N7O/c1-11-8-12(2)28(27-11)18-10-17(24-13(3)25-18)22-6-7-23-19(29)26-16-9-14(20)4-5-15(16)21/h4-5,8-10H,6-7H2,1-3H3,(H,22,24,25)(H2,23,26,29). The maximum Gasteiger partial charge on any atom is 0.319 e. The van der Waals surface area contributed by atoms with Crippen molar-refractivity contribution in [3.8, 4) is 5.82 Å². The topological polar surface area (TPSA) is 96.8 Å². The van der Waals surface area contributed by atoms with Gasteiger partial charge in [-0.15, -0.1) is 0 Å². The van der Waals surface area contributed by atoms with E-state index in [9.17, 15) is 13.6 Å². The normalized spacial score (nSPS) is 10.7. The van der Waals surface area contributed by atoms with Crippen LogP contribution in [-0.2, 0) is 0 Å². The smallest absolute Gasteiger partial charge is 0.319 e. The predicted molar refractivity (Wildman–Crippen MR) is 105 cm³/mol. The van der Waals surface area contributed by atoms with Crippen LogP contribution >= 0.6 is 0 Å². The fourth-order valence-corrected chi connectivity index (χ4v) is 2.74. The van der Waals surface area contributed by atoms with E-state index < -0.39 is 17.7 Å². The Morgan fingerprint density at radius 1 is 1.07 bits per heavy atom. The van der Waals surface area contributed by atoms with Gasteiger partial charge in [0, 0.05) is 30.9 Å². The van der Waals surface area contributed by atoms with Gasteiger partial charge in [0.05, 0.1) is 11.4 Å². The van der Waals surface area contributed by atoms with E-state index in [4.69, 9.17) is 0 Å². The lowest BCUT2D eigenvalue weighted by Gasteiger charge is -2.11. The van der Waals surface area contributed by atoms with Gasteiger partial charge in [-0.05, 0) is 39.0 Å². The molecule has 0 aliphatic carbocycles. The Balaban J connectivity index is 1.55. The molecule has 0 aliphatic heterocycles. The van der Waals surface area contributed by atoms with E-state index in [0.29, 0.717) is 24.0 Å². The van der Waals surface area contributed by atoms with Crippen LogP contribution in [0.5, 0.6) is 0 Å². The molecule has 1 aromatic carbocycles. The summed E-state index contributed by atoms with van der Waals surface area (Å²) in [5.74, 6) is 0.440. The number of amides is 2. The maximum atomic E-state index is 13.5. The first kappa shape index (κ1) is 20.2. The first-order valence-electron chi connectivity index (χ1n) is 8.95. The summed E-state index contributed by atoms with van der Waals surface area (Å²) >= 11 is 0. The predicted octanol–water partition coefficient (Wildman–Crippen LogP) is 3.10. The van der Waals surface area contributed by atoms with Crippen molar-refractivity contribution >= 4 is 17.5 Å². The summed E-state index contributed by atoms with van der Waals surface area (Å²) in [5, 5.41) is 12.3. The van der Waals surface area contributed by atoms with Crippen LogP contribution in [0, 0.1) is 32.4 Å². The molecule has 2 amide bonds. The zero-order valence-corrected chi connectivity index (χ0v) is 16.3. The second kappa shape index (κ2) is 8.63. The molecule has 8 nitrogen and oxygen atoms in total. The summed E-state index contributed by atoms with van der Waals surface area (Å²) in [7, 11) is 0. The van der Waals surface area contributed by atoms with Gasteiger partial charge in [-0.25, -0.2) is 28.2 Å². The van der Waals surface area contributed by atoms with Gasteiger partial charge in [-0.2, -0.15) is 5.10 Å². The first-order valence-corrected chi connectivity index (χ1v) is 8.95. The average Bonchev–Trinajstić information content (AvgIpc) is 3.00. The van der Waals surface area contributed by atoms with E-state index in [1.54, 1.807) is 17.7 Å². The number of carbonyl (C=O) groups excluding carboxylic acids is 1. The third kappa shape index (κ3) is 5.24. The Kier molecular flexibility index (Phi) is 6.01. The lowest BCUT2D eigenvalue weighted by molar-refractivity contribution is 0.252. The highest BCUT2D eigenvalue weighted by Crippen LogP contribution is 2.15. The van der Waals surface area contributed by atoms with Gasteiger partial charge >= 0.3 is 6.03 Å². The van der Waals surface area contributed by atoms with E-state index in [1.807, 2.05) is 19.9 Å². The number of anilines is 2. The molecule has 2 heterocycles. The Morgan fingerprint density at radius 3 is 2.59 bits per heavy atom. The van der Waals surface area contributed by atoms with Gasteiger partial charge in [-0.3, -0.25) is 0 Å². The number of carbonyl (C=O) groups is 1. The molecule has 0 radical (unpaired) electrons. The third-order valence-electron chi connectivity index (χ3n) is 3.94. The number of aryl methyl sites for hydroxylation is 3. The molecule has 0 fully saturated rings. The summed E-state index contributed by atoms with van der Waals surface area (Å²) in [5.41, 5.74) is 1.61. The third-order valence-corrected chi connectivity index (χ3v) is 3.94. The molecule has 3 aromatic rings. The van der Waals surface area contributed by atoms with Crippen molar-refractivity contribution in [1.29, 1.82) is 0 Å². The van der Waals surface area contributed by atoms with Crippen LogP contribution in [0.2, 0.25) is 0 Å². The summed E-state index contributed by atoms with van der Waals surface area (Å²) < 4.78 is 28.4. The number of hydrogen-bond donors (Lipinski definition) is 3. The highest BCUT2D eigenvalue weighted by atomic mass is 19.1. The van der Waals surface area contributed by atoms with Crippen LogP contribution in [-0.4, -0.2) is 38.9 Å². The van der Waals surface area contributed by atoms with Gasteiger partial charge in [0.15, 0.2) is 5.82 Å². The molecular formula is C19H21F2N7O. The van der Waals surface area contributed by atoms with Gasteiger partial charge in [0.2, 0.25) is 0 Å². The lowest BCUT2D eigenvalue weighted by atomic mass is 10.3. The highest BCUT2D eigenvalue weighted by Gasteiger charge is 2.09. The SMILES string of the molecule is Cc1cc(C)n(-c2cc(NCCNC(=O)Nc3cc(F)ccc3F)nc(C)n2)n1. The Morgan fingerprint density at radius 2 is 1.86 bits per heavy atom. The number of aromatic nitrogens is 4. The molecule has 2 aromatic heterocycles. The number of halogens is 2. The fourth-order valence-electron chi connectivity index (χ4n) is 2.74. The fraction of sp³-hybridized carbons (Fsp3) is 0.263. The number of nitrogens with one attached hydrogen (secondary N) is 3. The van der Waals surface area contributed by atoms with Crippen LogP contribution in [0.1, 0.15) is 17.2 Å². The van der Waals surface area contributed by atoms with E-state index in [2.05, 4.69) is 31.0 Å². The Bertz CT molecular complexity index is 1040. The number of nitrogens with zero attached hydrogens (tertiary/aromatic N) is 4. The molecule has 10 heteroatoms. The van der Waals surface area contributed by atoms with Crippen LogP contribution < -0.4 is 16.0 Å². The second-order valence-corrected chi connectivity index (χ2v) is 6.43. The Hall–Kier alpha value is -3.56. The highest BCUT2D eigenvalue weighted by molar-refractivity contribution is 5.89. The lowest BCUT2D eigenvalue weighted by Crippen LogP contribution is -2.33. The quantitative estimate of drug-likeness (QED) is 0.552. The van der Waals surface area contributed by atoms with Crippen molar-refractivity contribution in [3.63, 3.8) is 0 Å². The van der Waals surface area contributed by atoms with E-state index in [-0.39, 0.29) is 12.2 Å². The summed E-state index contributed by atoms with van der Waals surface area (Å²) in [6.07, 6.45) is 0. The monoisotopic (exact) mass is 401 g/mol. The van der Waals surface area contributed by atoms with Crippen molar-refractivity contribution in [2.45, 2.75) is 20.8 Å². The van der Waals surface area contributed by atoms with Crippen LogP contribution in [0.3, 0.4) is 0 Å². The summed E-state index contributed by atoms with van der Waals surface area (Å²) in [6.45, 7) is 6.23. The molecule has 0 saturated heterocycles. The van der Waals surface area contributed by atoms with E-state index in [0.717, 1.165) is 29.6 Å². The molecular weight excluding hydrogens is 380 g/mol. The largest absolute Gasteiger partial charge is 0.368 e. The van der Waals surface area contributed by atoms with Crippen molar-refractivity contribution in [2.75, 3.05) is 23.7 Å². The van der Waals surface area contributed by atoms with Gasteiger partial charge in [0.25, 0.3) is 0 Å². The molecule has 0 aliphatic rings. The number of urea groups is 1. The van der Waals surface area contributed by atoms with E-state index in [1.165, 1.54) is 0 Å². The minimum atomic E-state index is -0.715. The molecule has 0 bridgehead atoms. The number of hydrogen-bond acceptors (Lipinski definition) is 5. The molecule has 0 saturated carbocycles. The van der Waals surface area contributed by atoms with E-state index >= 15 is 0 Å². The van der Waals surface area contributed by atoms with Crippen LogP contribution in [0.25, 0.3) is 5.82 Å². The molecule has 29 heavy (non-hydrogen) atoms. The van der Waals surface area contributed by atoms with Crippen molar-refractivity contribution in [2.24, 2.45) is 0 Å². The van der Waals surface area contributed by atoms with Crippen LogP contribution in [0.4, 0.5) is 25.1 Å². The maximum absolute atomic E-state index is 13.5. The summed E-state index contributed by atoms with van der Waals surface area (Å²) in [6, 6.07) is 5.91. The van der Waals surface area contributed by atoms with Crippen molar-refractivity contribution in [1.82, 2.24) is 25.1 Å². The van der Waals surface area contributed by atoms with Crippen molar-refractivity contribution in [3.05, 3.63) is 59.2 Å². The molecule has 0 atom stereocenters. The van der Waals surface area contributed by atoms with Gasteiger partial charge in [0.1, 0.15) is 23.3 Å². The zero-order valence-electron chi connectivity index (χ0n) is 16.3. The summed E-state index contributed by atoms with van der Waals surface area (Å²) in [4.78, 5) is 20.6. The Labute approximate surface area is 166 Å². The molecule has 0 spiro atoms. The minimum absolute atomic E-state index is 0.226. The second-order valence-electron chi connectivity index (χ2n) is 6.43. The molecule has 152 valence electrons. The first-order chi connectivity index (χ1) is 13.8. The number of benzene rings is 1. The van der Waals surface area contributed by atoms with Crippen molar-refractivity contribution < 1.29 is 13.6 Å².